The average Bonchev–Trinajstić information content (AvgIpc) is 2.72. The molecule has 26 heavy (non-hydrogen) atoms. The maximum absolute atomic E-state index is 12.4. The van der Waals surface area contributed by atoms with Crippen molar-refractivity contribution in [1.29, 1.82) is 0 Å². The van der Waals surface area contributed by atoms with Crippen LogP contribution in [-0.4, -0.2) is 56.6 Å². The Labute approximate surface area is 153 Å². The number of hydrogen-bond donors (Lipinski definition) is 1. The number of carbonyl (C=O) groups excluding carboxylic acids is 2. The van der Waals surface area contributed by atoms with Crippen molar-refractivity contribution in [3.63, 3.8) is 0 Å². The molecule has 136 valence electrons. The monoisotopic (exact) mass is 353 g/mol. The molecule has 0 radical (unpaired) electrons. The molecule has 2 aromatic carbocycles. The summed E-state index contributed by atoms with van der Waals surface area (Å²) in [5, 5.41) is 3.10. The lowest BCUT2D eigenvalue weighted by atomic mass is 10.1. The quantitative estimate of drug-likeness (QED) is 0.895. The molecule has 1 N–H and O–H groups in total. The van der Waals surface area contributed by atoms with E-state index in [0.29, 0.717) is 31.9 Å². The Morgan fingerprint density at radius 1 is 1.04 bits per heavy atom. The van der Waals surface area contributed by atoms with E-state index in [1.54, 1.807) is 29.0 Å². The van der Waals surface area contributed by atoms with E-state index in [2.05, 4.69) is 5.32 Å². The maximum atomic E-state index is 12.4. The second-order valence-corrected chi connectivity index (χ2v) is 6.12. The van der Waals surface area contributed by atoms with Gasteiger partial charge in [0.05, 0.1) is 19.8 Å². The highest BCUT2D eigenvalue weighted by Crippen LogP contribution is 2.14. The van der Waals surface area contributed by atoms with E-state index in [-0.39, 0.29) is 18.4 Å². The SMILES string of the molecule is CN(C(=O)CNc1ccc(C(=O)N2CCOCC2)cc1)c1ccccc1. The first kappa shape index (κ1) is 17.9. The fourth-order valence-electron chi connectivity index (χ4n) is 2.77. The Morgan fingerprint density at radius 2 is 1.69 bits per heavy atom. The van der Waals surface area contributed by atoms with Gasteiger partial charge in [0.2, 0.25) is 5.91 Å². The number of ether oxygens (including phenoxy) is 1. The van der Waals surface area contributed by atoms with Gasteiger partial charge in [-0.05, 0) is 36.4 Å². The van der Waals surface area contributed by atoms with Crippen LogP contribution in [0.5, 0.6) is 0 Å². The van der Waals surface area contributed by atoms with Gasteiger partial charge >= 0.3 is 0 Å². The predicted octanol–water partition coefficient (Wildman–Crippen LogP) is 2.23. The summed E-state index contributed by atoms with van der Waals surface area (Å²) in [6, 6.07) is 16.7. The van der Waals surface area contributed by atoms with Crippen molar-refractivity contribution in [2.24, 2.45) is 0 Å². The van der Waals surface area contributed by atoms with Crippen molar-refractivity contribution >= 4 is 23.2 Å². The number of amides is 2. The number of benzene rings is 2. The van der Waals surface area contributed by atoms with Crippen LogP contribution in [0.3, 0.4) is 0 Å². The van der Waals surface area contributed by atoms with Crippen molar-refractivity contribution in [1.82, 2.24) is 4.90 Å². The van der Waals surface area contributed by atoms with Crippen LogP contribution in [0.4, 0.5) is 11.4 Å². The third kappa shape index (κ3) is 4.40. The van der Waals surface area contributed by atoms with E-state index >= 15 is 0 Å². The van der Waals surface area contributed by atoms with Gasteiger partial charge in [0, 0.05) is 37.1 Å². The Hall–Kier alpha value is -2.86. The summed E-state index contributed by atoms with van der Waals surface area (Å²) in [4.78, 5) is 28.1. The molecule has 0 atom stereocenters. The zero-order chi connectivity index (χ0) is 18.4. The number of carbonyl (C=O) groups is 2. The van der Waals surface area contributed by atoms with Crippen molar-refractivity contribution in [2.45, 2.75) is 0 Å². The van der Waals surface area contributed by atoms with Gasteiger partial charge in [-0.3, -0.25) is 9.59 Å². The highest BCUT2D eigenvalue weighted by molar-refractivity contribution is 5.96. The highest BCUT2D eigenvalue weighted by atomic mass is 16.5. The van der Waals surface area contributed by atoms with Crippen molar-refractivity contribution in [2.75, 3.05) is 50.1 Å². The number of rotatable bonds is 5. The normalized spacial score (nSPS) is 14.0. The van der Waals surface area contributed by atoms with E-state index in [1.807, 2.05) is 42.5 Å². The van der Waals surface area contributed by atoms with E-state index in [4.69, 9.17) is 4.74 Å². The molecule has 0 aromatic heterocycles. The Morgan fingerprint density at radius 3 is 2.35 bits per heavy atom. The summed E-state index contributed by atoms with van der Waals surface area (Å²) in [7, 11) is 1.75. The minimum atomic E-state index is -0.0373. The van der Waals surface area contributed by atoms with E-state index in [1.165, 1.54) is 0 Å². The zero-order valence-electron chi connectivity index (χ0n) is 14.9. The first-order valence-electron chi connectivity index (χ1n) is 8.68. The lowest BCUT2D eigenvalue weighted by Crippen LogP contribution is -2.40. The van der Waals surface area contributed by atoms with Crippen molar-refractivity contribution in [3.05, 3.63) is 60.2 Å². The van der Waals surface area contributed by atoms with Crippen LogP contribution in [0.1, 0.15) is 10.4 Å². The van der Waals surface area contributed by atoms with Crippen LogP contribution in [0.2, 0.25) is 0 Å². The predicted molar refractivity (Wildman–Crippen MR) is 102 cm³/mol. The molecule has 6 nitrogen and oxygen atoms in total. The standard InChI is InChI=1S/C20H23N3O3/c1-22(18-5-3-2-4-6-18)19(24)15-21-17-9-7-16(8-10-17)20(25)23-11-13-26-14-12-23/h2-10,21H,11-15H2,1H3. The second kappa shape index (κ2) is 8.49. The molecule has 1 fully saturated rings. The third-order valence-electron chi connectivity index (χ3n) is 4.39. The molecular weight excluding hydrogens is 330 g/mol. The number of likely N-dealkylation sites (N-methyl/N-ethyl adjacent to an activating group) is 1. The molecule has 0 bridgehead atoms. The largest absolute Gasteiger partial charge is 0.378 e. The molecule has 2 aromatic rings. The van der Waals surface area contributed by atoms with Crippen LogP contribution in [-0.2, 0) is 9.53 Å². The zero-order valence-corrected chi connectivity index (χ0v) is 14.9. The molecule has 0 aliphatic carbocycles. The molecule has 0 spiro atoms. The molecule has 0 unspecified atom stereocenters. The van der Waals surface area contributed by atoms with Crippen LogP contribution in [0.15, 0.2) is 54.6 Å². The number of morpholine rings is 1. The molecule has 2 amide bonds. The molecule has 0 saturated carbocycles. The van der Waals surface area contributed by atoms with Gasteiger partial charge in [-0.25, -0.2) is 0 Å². The minimum Gasteiger partial charge on any atom is -0.378 e. The molecule has 1 aliphatic heterocycles. The molecule has 1 saturated heterocycles. The lowest BCUT2D eigenvalue weighted by molar-refractivity contribution is -0.116. The Balaban J connectivity index is 1.54. The highest BCUT2D eigenvalue weighted by Gasteiger charge is 2.18. The smallest absolute Gasteiger partial charge is 0.254 e. The summed E-state index contributed by atoms with van der Waals surface area (Å²) in [6.45, 7) is 2.60. The summed E-state index contributed by atoms with van der Waals surface area (Å²) in [5.74, 6) is -0.0237. The first-order chi connectivity index (χ1) is 12.6. The molecule has 3 rings (SSSR count). The van der Waals surface area contributed by atoms with E-state index < -0.39 is 0 Å². The molecule has 6 heteroatoms. The second-order valence-electron chi connectivity index (χ2n) is 6.12. The molecular formula is C20H23N3O3. The summed E-state index contributed by atoms with van der Waals surface area (Å²) >= 11 is 0. The fourth-order valence-corrected chi connectivity index (χ4v) is 2.77. The Kier molecular flexibility index (Phi) is 5.86. The topological polar surface area (TPSA) is 61.9 Å². The van der Waals surface area contributed by atoms with Gasteiger partial charge < -0.3 is 19.9 Å². The van der Waals surface area contributed by atoms with E-state index in [9.17, 15) is 9.59 Å². The summed E-state index contributed by atoms with van der Waals surface area (Å²) in [6.07, 6.45) is 0. The van der Waals surface area contributed by atoms with Gasteiger partial charge in [-0.15, -0.1) is 0 Å². The van der Waals surface area contributed by atoms with Crippen molar-refractivity contribution < 1.29 is 14.3 Å². The van der Waals surface area contributed by atoms with Gasteiger partial charge in [0.1, 0.15) is 0 Å². The molecule has 1 heterocycles. The third-order valence-corrected chi connectivity index (χ3v) is 4.39. The van der Waals surface area contributed by atoms with Crippen LogP contribution in [0.25, 0.3) is 0 Å². The number of anilines is 2. The average molecular weight is 353 g/mol. The summed E-state index contributed by atoms with van der Waals surface area (Å²) in [5.41, 5.74) is 2.30. The van der Waals surface area contributed by atoms with Crippen LogP contribution >= 0.6 is 0 Å². The number of hydrogen-bond acceptors (Lipinski definition) is 4. The maximum Gasteiger partial charge on any atom is 0.254 e. The minimum absolute atomic E-state index is 0.0136. The van der Waals surface area contributed by atoms with Gasteiger partial charge in [0.15, 0.2) is 0 Å². The van der Waals surface area contributed by atoms with Crippen LogP contribution in [0, 0.1) is 0 Å². The Bertz CT molecular complexity index is 741. The van der Waals surface area contributed by atoms with Gasteiger partial charge in [-0.2, -0.15) is 0 Å². The number of nitrogens with one attached hydrogen (secondary N) is 1. The first-order valence-corrected chi connectivity index (χ1v) is 8.68. The number of nitrogens with zero attached hydrogens (tertiary/aromatic N) is 2. The summed E-state index contributed by atoms with van der Waals surface area (Å²) < 4.78 is 5.27. The number of para-hydroxylation sites is 1. The van der Waals surface area contributed by atoms with Crippen LogP contribution < -0.4 is 10.2 Å². The fraction of sp³-hybridized carbons (Fsp3) is 0.300. The van der Waals surface area contributed by atoms with Gasteiger partial charge in [-0.1, -0.05) is 18.2 Å². The molecule has 1 aliphatic rings. The van der Waals surface area contributed by atoms with E-state index in [0.717, 1.165) is 11.4 Å². The lowest BCUT2D eigenvalue weighted by Gasteiger charge is -2.26. The van der Waals surface area contributed by atoms with Crippen molar-refractivity contribution in [3.8, 4) is 0 Å². The van der Waals surface area contributed by atoms with Gasteiger partial charge in [0.25, 0.3) is 5.91 Å².